The summed E-state index contributed by atoms with van der Waals surface area (Å²) < 4.78 is 36.2. The third-order valence-electron chi connectivity index (χ3n) is 2.28. The average molecular weight is 253 g/mol. The highest BCUT2D eigenvalue weighted by molar-refractivity contribution is 7.92. The van der Waals surface area contributed by atoms with E-state index in [-0.39, 0.29) is 6.42 Å². The zero-order chi connectivity index (χ0) is 12.1. The molecule has 0 saturated carbocycles. The highest BCUT2D eigenvalue weighted by Gasteiger charge is 2.46. The molecule has 0 aliphatic rings. The number of rotatable bonds is 6. The van der Waals surface area contributed by atoms with Crippen molar-refractivity contribution in [3.05, 3.63) is 10.4 Å². The molecule has 0 aromatic rings. The van der Waals surface area contributed by atoms with Gasteiger partial charge in [-0.25, -0.2) is 8.42 Å². The predicted molar refractivity (Wildman–Crippen MR) is 57.8 cm³/mol. The van der Waals surface area contributed by atoms with Crippen LogP contribution in [0.15, 0.2) is 4.52 Å². The first kappa shape index (κ1) is 14.4. The molecule has 88 valence electrons. The van der Waals surface area contributed by atoms with Gasteiger partial charge in [-0.3, -0.25) is 0 Å². The molecule has 0 heterocycles. The van der Waals surface area contributed by atoms with Crippen LogP contribution in [0.25, 0.3) is 10.4 Å². The van der Waals surface area contributed by atoms with Crippen LogP contribution in [0.1, 0.15) is 13.3 Å². The Kier molecular flexibility index (Phi) is 5.25. The van der Waals surface area contributed by atoms with E-state index in [4.69, 9.17) is 14.4 Å². The van der Waals surface area contributed by atoms with Gasteiger partial charge < -0.3 is 8.85 Å². The van der Waals surface area contributed by atoms with Crippen LogP contribution in [0.4, 0.5) is 0 Å². The van der Waals surface area contributed by atoms with Crippen molar-refractivity contribution in [2.24, 2.45) is 4.52 Å². The van der Waals surface area contributed by atoms with E-state index in [9.17, 15) is 8.42 Å². The van der Waals surface area contributed by atoms with Crippen molar-refractivity contribution in [1.82, 2.24) is 0 Å². The Labute approximate surface area is 90.3 Å². The lowest BCUT2D eigenvalue weighted by Crippen LogP contribution is -2.52. The van der Waals surface area contributed by atoms with Crippen LogP contribution in [-0.4, -0.2) is 36.1 Å². The summed E-state index contributed by atoms with van der Waals surface area (Å²) in [5.74, 6) is 0. The largest absolute Gasteiger partial charge is 0.397 e. The first-order valence-corrected chi connectivity index (χ1v) is 8.18. The van der Waals surface area contributed by atoms with Crippen molar-refractivity contribution in [2.45, 2.75) is 24.8 Å². The Hall–Kier alpha value is -0.603. The minimum atomic E-state index is -3.88. The molecular formula is C6H15N3O4SSi. The summed E-state index contributed by atoms with van der Waals surface area (Å²) in [4.78, 5) is 1.41. The molecule has 9 heteroatoms. The molecule has 0 saturated heterocycles. The molecule has 7 nitrogen and oxygen atoms in total. The molecule has 0 amide bonds. The van der Waals surface area contributed by atoms with Crippen LogP contribution in [0.5, 0.6) is 0 Å². The number of hydrogen-bond acceptors (Lipinski definition) is 4. The standard InChI is InChI=1S/C6H15N3O4SSi/c1-5-6(14(10,11)9-8-7)15(4,12-2)13-3/h6H,5H2,1-4H3. The van der Waals surface area contributed by atoms with E-state index in [0.29, 0.717) is 0 Å². The molecule has 0 aliphatic carbocycles. The lowest BCUT2D eigenvalue weighted by Gasteiger charge is -2.29. The fraction of sp³-hybridized carbons (Fsp3) is 1.00. The lowest BCUT2D eigenvalue weighted by atomic mass is 10.6. The van der Waals surface area contributed by atoms with Crippen molar-refractivity contribution in [1.29, 1.82) is 0 Å². The second-order valence-corrected chi connectivity index (χ2v) is 8.73. The van der Waals surface area contributed by atoms with Gasteiger partial charge in [-0.15, -0.1) is 0 Å². The van der Waals surface area contributed by atoms with Gasteiger partial charge in [-0.1, -0.05) is 6.92 Å². The molecule has 0 aromatic carbocycles. The summed E-state index contributed by atoms with van der Waals surface area (Å²) in [5, 5.41) is 0. The maximum atomic E-state index is 11.6. The molecule has 1 atom stereocenters. The van der Waals surface area contributed by atoms with E-state index >= 15 is 0 Å². The van der Waals surface area contributed by atoms with Crippen LogP contribution < -0.4 is 0 Å². The van der Waals surface area contributed by atoms with Gasteiger partial charge in [0, 0.05) is 23.7 Å². The zero-order valence-corrected chi connectivity index (χ0v) is 11.0. The van der Waals surface area contributed by atoms with Crippen molar-refractivity contribution in [3.63, 3.8) is 0 Å². The zero-order valence-electron chi connectivity index (χ0n) is 9.17. The summed E-state index contributed by atoms with van der Waals surface area (Å²) in [6, 6.07) is 0. The third kappa shape index (κ3) is 3.18. The molecule has 1 unspecified atom stereocenters. The summed E-state index contributed by atoms with van der Waals surface area (Å²) in [6.07, 6.45) is 0.283. The molecule has 0 aromatic heterocycles. The first-order chi connectivity index (χ1) is 6.87. The van der Waals surface area contributed by atoms with Gasteiger partial charge in [-0.05, 0) is 18.5 Å². The highest BCUT2D eigenvalue weighted by Crippen LogP contribution is 2.22. The lowest BCUT2D eigenvalue weighted by molar-refractivity contribution is 0.245. The summed E-state index contributed by atoms with van der Waals surface area (Å²) in [5.41, 5.74) is 8.17. The molecular weight excluding hydrogens is 238 g/mol. The number of sulfonamides is 1. The number of azide groups is 1. The van der Waals surface area contributed by atoms with E-state index in [1.54, 1.807) is 13.5 Å². The molecule has 0 aliphatic heterocycles. The molecule has 15 heavy (non-hydrogen) atoms. The van der Waals surface area contributed by atoms with Crippen molar-refractivity contribution >= 4 is 18.6 Å². The Morgan fingerprint density at radius 3 is 2.20 bits per heavy atom. The Morgan fingerprint density at radius 1 is 1.47 bits per heavy atom. The molecule has 0 fully saturated rings. The molecule has 0 N–H and O–H groups in total. The van der Waals surface area contributed by atoms with E-state index in [2.05, 4.69) is 9.43 Å². The SMILES string of the molecule is CCC([Si](C)(OC)OC)S(=O)(=O)N=[N+]=[N-]. The van der Waals surface area contributed by atoms with Crippen LogP contribution in [0.2, 0.25) is 6.55 Å². The van der Waals surface area contributed by atoms with Gasteiger partial charge in [-0.2, -0.15) is 0 Å². The summed E-state index contributed by atoms with van der Waals surface area (Å²) >= 11 is 0. The quantitative estimate of drug-likeness (QED) is 0.308. The van der Waals surface area contributed by atoms with Crippen LogP contribution >= 0.6 is 0 Å². The van der Waals surface area contributed by atoms with E-state index in [0.717, 1.165) is 0 Å². The molecule has 0 spiro atoms. The van der Waals surface area contributed by atoms with Gasteiger partial charge in [0.1, 0.15) is 4.87 Å². The Balaban J connectivity index is 5.33. The topological polar surface area (TPSA) is 101 Å². The average Bonchev–Trinajstić information content (AvgIpc) is 2.17. The molecule has 0 radical (unpaired) electrons. The fourth-order valence-corrected chi connectivity index (χ4v) is 6.26. The maximum Gasteiger partial charge on any atom is 0.353 e. The fourth-order valence-electron chi connectivity index (χ4n) is 1.31. The van der Waals surface area contributed by atoms with E-state index in [1.165, 1.54) is 14.2 Å². The Bertz CT molecular complexity index is 347. The van der Waals surface area contributed by atoms with Gasteiger partial charge in [0.2, 0.25) is 10.0 Å². The normalized spacial score (nSPS) is 14.4. The van der Waals surface area contributed by atoms with Crippen LogP contribution in [-0.2, 0) is 18.9 Å². The first-order valence-electron chi connectivity index (χ1n) is 4.28. The summed E-state index contributed by atoms with van der Waals surface area (Å²) in [6.45, 7) is 3.30. The smallest absolute Gasteiger partial charge is 0.353 e. The minimum Gasteiger partial charge on any atom is -0.397 e. The third-order valence-corrected chi connectivity index (χ3v) is 9.01. The van der Waals surface area contributed by atoms with Crippen LogP contribution in [0, 0.1) is 0 Å². The molecule has 0 rings (SSSR count). The van der Waals surface area contributed by atoms with Gasteiger partial charge in [0.25, 0.3) is 0 Å². The monoisotopic (exact) mass is 253 g/mol. The molecule has 0 bridgehead atoms. The van der Waals surface area contributed by atoms with Gasteiger partial charge in [0.05, 0.1) is 0 Å². The van der Waals surface area contributed by atoms with Gasteiger partial charge in [0.15, 0.2) is 0 Å². The van der Waals surface area contributed by atoms with Crippen LogP contribution in [0.3, 0.4) is 0 Å². The van der Waals surface area contributed by atoms with Crippen molar-refractivity contribution < 1.29 is 17.3 Å². The predicted octanol–water partition coefficient (Wildman–Crippen LogP) is 1.31. The number of nitrogens with zero attached hydrogens (tertiary/aromatic N) is 3. The van der Waals surface area contributed by atoms with E-state index in [1.807, 2.05) is 0 Å². The Morgan fingerprint density at radius 2 is 1.93 bits per heavy atom. The highest BCUT2D eigenvalue weighted by atomic mass is 32.2. The number of hydrogen-bond donors (Lipinski definition) is 0. The second-order valence-electron chi connectivity index (χ2n) is 3.01. The maximum absolute atomic E-state index is 11.6. The minimum absolute atomic E-state index is 0.283. The van der Waals surface area contributed by atoms with E-state index < -0.39 is 23.5 Å². The summed E-state index contributed by atoms with van der Waals surface area (Å²) in [7, 11) is -3.95. The van der Waals surface area contributed by atoms with Gasteiger partial charge >= 0.3 is 8.56 Å². The second kappa shape index (κ2) is 5.47. The van der Waals surface area contributed by atoms with Crippen molar-refractivity contribution in [3.8, 4) is 0 Å². The van der Waals surface area contributed by atoms with Crippen molar-refractivity contribution in [2.75, 3.05) is 14.2 Å².